The number of aliphatic hydroxyl groups excluding tert-OH is 4. The Bertz CT molecular complexity index is 235. The molecule has 1 heterocycles. The van der Waals surface area contributed by atoms with Crippen molar-refractivity contribution < 1.29 is 30.0 Å². The van der Waals surface area contributed by atoms with Crippen molar-refractivity contribution in [1.82, 2.24) is 5.32 Å². The third kappa shape index (κ3) is 2.64. The number of aliphatic hydroxyl groups is 4. The smallest absolute Gasteiger partial charge is 0.217 e. The molecule has 1 amide bonds. The van der Waals surface area contributed by atoms with Crippen LogP contribution in [0.25, 0.3) is 0 Å². The van der Waals surface area contributed by atoms with Crippen LogP contribution in [0.4, 0.5) is 0 Å². The van der Waals surface area contributed by atoms with Crippen molar-refractivity contribution in [3.05, 3.63) is 0 Å². The van der Waals surface area contributed by atoms with Crippen LogP contribution in [0, 0.1) is 0 Å². The van der Waals surface area contributed by atoms with Crippen LogP contribution in [-0.2, 0) is 9.53 Å². The minimum atomic E-state index is -1.45. The maximum atomic E-state index is 10.7. The van der Waals surface area contributed by atoms with Gasteiger partial charge < -0.3 is 30.5 Å². The fourth-order valence-electron chi connectivity index (χ4n) is 1.49. The summed E-state index contributed by atoms with van der Waals surface area (Å²) in [5, 5.41) is 39.4. The van der Waals surface area contributed by atoms with Gasteiger partial charge in [-0.15, -0.1) is 0 Å². The van der Waals surface area contributed by atoms with Crippen LogP contribution in [0.5, 0.6) is 0 Å². The Balaban J connectivity index is 2.70. The van der Waals surface area contributed by atoms with Gasteiger partial charge in [-0.2, -0.15) is 0 Å². The molecule has 88 valence electrons. The quantitative estimate of drug-likeness (QED) is 0.337. The fourth-order valence-corrected chi connectivity index (χ4v) is 1.49. The second-order valence-corrected chi connectivity index (χ2v) is 3.46. The standard InChI is InChI=1S/C8H15NO6/c1-3(11)9-5-7(13)6(12)4(2-10)15-8(5)14/h4-8,10,12-14H,2H2,1H3,(H,9,11)/t4-,5-,6-,7-,8+/m0/s1. The van der Waals surface area contributed by atoms with Crippen LogP contribution in [0.2, 0.25) is 0 Å². The van der Waals surface area contributed by atoms with E-state index in [1.54, 1.807) is 0 Å². The van der Waals surface area contributed by atoms with E-state index in [0.29, 0.717) is 0 Å². The minimum Gasteiger partial charge on any atom is -0.394 e. The lowest BCUT2D eigenvalue weighted by Crippen LogP contribution is -2.63. The van der Waals surface area contributed by atoms with E-state index in [4.69, 9.17) is 9.84 Å². The molecule has 1 aliphatic heterocycles. The summed E-state index contributed by atoms with van der Waals surface area (Å²) in [6, 6.07) is -1.10. The molecule has 1 saturated heterocycles. The van der Waals surface area contributed by atoms with E-state index in [9.17, 15) is 20.1 Å². The summed E-state index contributed by atoms with van der Waals surface area (Å²) in [4.78, 5) is 10.7. The van der Waals surface area contributed by atoms with E-state index < -0.39 is 43.2 Å². The lowest BCUT2D eigenvalue weighted by molar-refractivity contribution is -0.253. The number of amides is 1. The highest BCUT2D eigenvalue weighted by molar-refractivity contribution is 5.73. The number of rotatable bonds is 2. The monoisotopic (exact) mass is 221 g/mol. The highest BCUT2D eigenvalue weighted by atomic mass is 16.6. The number of ether oxygens (including phenoxy) is 1. The van der Waals surface area contributed by atoms with Crippen molar-refractivity contribution in [2.45, 2.75) is 37.6 Å². The lowest BCUT2D eigenvalue weighted by Gasteiger charge is -2.40. The lowest BCUT2D eigenvalue weighted by atomic mass is 9.97. The second kappa shape index (κ2) is 4.86. The molecule has 0 bridgehead atoms. The largest absolute Gasteiger partial charge is 0.394 e. The summed E-state index contributed by atoms with van der Waals surface area (Å²) in [6.45, 7) is 0.687. The third-order valence-corrected chi connectivity index (χ3v) is 2.27. The van der Waals surface area contributed by atoms with Gasteiger partial charge in [-0.25, -0.2) is 0 Å². The van der Waals surface area contributed by atoms with Crippen LogP contribution >= 0.6 is 0 Å². The SMILES string of the molecule is CC(=O)N[C@H]1[C@H](O)[C@@H](O)[C@H](CO)O[C@H]1O. The second-order valence-electron chi connectivity index (χ2n) is 3.46. The molecule has 0 unspecified atom stereocenters. The highest BCUT2D eigenvalue weighted by Crippen LogP contribution is 2.19. The van der Waals surface area contributed by atoms with Crippen molar-refractivity contribution in [3.63, 3.8) is 0 Å². The van der Waals surface area contributed by atoms with Gasteiger partial charge in [-0.3, -0.25) is 4.79 Å². The van der Waals surface area contributed by atoms with Crippen LogP contribution in [0.3, 0.4) is 0 Å². The van der Waals surface area contributed by atoms with Crippen LogP contribution in [-0.4, -0.2) is 63.6 Å². The zero-order valence-electron chi connectivity index (χ0n) is 8.20. The number of carbonyl (C=O) groups is 1. The van der Waals surface area contributed by atoms with Gasteiger partial charge in [-0.05, 0) is 0 Å². The van der Waals surface area contributed by atoms with Crippen LogP contribution in [0.15, 0.2) is 0 Å². The summed E-state index contributed by atoms with van der Waals surface area (Å²) in [7, 11) is 0. The van der Waals surface area contributed by atoms with E-state index in [1.807, 2.05) is 0 Å². The van der Waals surface area contributed by atoms with Crippen LogP contribution < -0.4 is 5.32 Å². The molecule has 0 spiro atoms. The summed E-state index contributed by atoms with van der Waals surface area (Å²) >= 11 is 0. The molecule has 0 aromatic rings. The molecule has 1 rings (SSSR count). The van der Waals surface area contributed by atoms with E-state index in [1.165, 1.54) is 6.92 Å². The molecule has 5 atom stereocenters. The summed E-state index contributed by atoms with van der Waals surface area (Å²) < 4.78 is 4.81. The number of hydrogen-bond donors (Lipinski definition) is 5. The molecule has 15 heavy (non-hydrogen) atoms. The Morgan fingerprint density at radius 1 is 1.33 bits per heavy atom. The fraction of sp³-hybridized carbons (Fsp3) is 0.875. The Labute approximate surface area is 86.3 Å². The van der Waals surface area contributed by atoms with E-state index >= 15 is 0 Å². The van der Waals surface area contributed by atoms with Gasteiger partial charge in [0.05, 0.1) is 6.61 Å². The van der Waals surface area contributed by atoms with Crippen molar-refractivity contribution in [2.24, 2.45) is 0 Å². The molecule has 1 aliphatic rings. The first-order valence-corrected chi connectivity index (χ1v) is 4.55. The summed E-state index contributed by atoms with van der Waals surface area (Å²) in [5.41, 5.74) is 0. The zero-order chi connectivity index (χ0) is 11.6. The predicted molar refractivity (Wildman–Crippen MR) is 47.6 cm³/mol. The Hall–Kier alpha value is -0.730. The Morgan fingerprint density at radius 2 is 1.93 bits per heavy atom. The van der Waals surface area contributed by atoms with Crippen LogP contribution in [0.1, 0.15) is 6.92 Å². The maximum absolute atomic E-state index is 10.7. The normalized spacial score (nSPS) is 41.3. The van der Waals surface area contributed by atoms with Crippen molar-refractivity contribution >= 4 is 5.91 Å². The number of hydrogen-bond acceptors (Lipinski definition) is 6. The van der Waals surface area contributed by atoms with E-state index in [0.717, 1.165) is 0 Å². The molecular formula is C8H15NO6. The van der Waals surface area contributed by atoms with Gasteiger partial charge in [0.25, 0.3) is 0 Å². The predicted octanol–water partition coefficient (Wildman–Crippen LogP) is -3.08. The first-order chi connectivity index (χ1) is 6.97. The molecular weight excluding hydrogens is 206 g/mol. The van der Waals surface area contributed by atoms with Gasteiger partial charge in [0, 0.05) is 6.92 Å². The zero-order valence-corrected chi connectivity index (χ0v) is 8.20. The molecule has 0 aromatic heterocycles. The molecule has 0 saturated carbocycles. The number of carbonyl (C=O) groups excluding carboxylic acids is 1. The van der Waals surface area contributed by atoms with Gasteiger partial charge in [0.2, 0.25) is 5.91 Å². The molecule has 1 fully saturated rings. The molecule has 0 aromatic carbocycles. The highest BCUT2D eigenvalue weighted by Gasteiger charge is 2.43. The van der Waals surface area contributed by atoms with Crippen molar-refractivity contribution in [1.29, 1.82) is 0 Å². The average Bonchev–Trinajstić information content (AvgIpc) is 2.18. The summed E-state index contributed by atoms with van der Waals surface area (Å²) in [6.07, 6.45) is -5.24. The molecule has 0 radical (unpaired) electrons. The van der Waals surface area contributed by atoms with E-state index in [2.05, 4.69) is 5.32 Å². The van der Waals surface area contributed by atoms with Gasteiger partial charge in [0.1, 0.15) is 24.4 Å². The molecule has 7 nitrogen and oxygen atoms in total. The van der Waals surface area contributed by atoms with Crippen molar-refractivity contribution in [3.8, 4) is 0 Å². The van der Waals surface area contributed by atoms with E-state index in [-0.39, 0.29) is 0 Å². The third-order valence-electron chi connectivity index (χ3n) is 2.27. The first-order valence-electron chi connectivity index (χ1n) is 4.55. The average molecular weight is 221 g/mol. The Morgan fingerprint density at radius 3 is 2.40 bits per heavy atom. The van der Waals surface area contributed by atoms with Crippen molar-refractivity contribution in [2.75, 3.05) is 6.61 Å². The number of nitrogens with one attached hydrogen (secondary N) is 1. The minimum absolute atomic E-state index is 0.462. The first kappa shape index (κ1) is 12.3. The Kier molecular flexibility index (Phi) is 4.00. The van der Waals surface area contributed by atoms with Gasteiger partial charge in [0.15, 0.2) is 6.29 Å². The molecule has 0 aliphatic carbocycles. The topological polar surface area (TPSA) is 119 Å². The van der Waals surface area contributed by atoms with Gasteiger partial charge in [-0.1, -0.05) is 0 Å². The van der Waals surface area contributed by atoms with Gasteiger partial charge >= 0.3 is 0 Å². The molecule has 7 heteroatoms. The molecule has 5 N–H and O–H groups in total. The summed E-state index contributed by atoms with van der Waals surface area (Å²) in [5.74, 6) is -0.462. The maximum Gasteiger partial charge on any atom is 0.217 e.